The zero-order valence-corrected chi connectivity index (χ0v) is 30.8. The van der Waals surface area contributed by atoms with Gasteiger partial charge < -0.3 is 36.6 Å². The standard InChI is InChI=1S/C37H56N6O7/c1-35(2,3)25(20-50-34(49)39-18-22-13-10-9-11-14-22)41-33(48)42-29(36(4,5)6)32(47)43-19-23-26(37(23,7)8)27(43)31(46)40-24(28(44)30(38)45)17-21-15-12-16-21/h9-11,13-14,21,23-27,29H,12,15-20H2,1-8H3,(H2,38,45)(H,39,49)(H,40,46)(H2,41,42,48)/t23-,24?,25-,26-,27?,29?/m0/s1. The van der Waals surface area contributed by atoms with Crippen molar-refractivity contribution in [2.75, 3.05) is 13.2 Å². The van der Waals surface area contributed by atoms with E-state index in [1.54, 1.807) is 0 Å². The van der Waals surface area contributed by atoms with Crippen LogP contribution in [0, 0.1) is 34.0 Å². The number of nitrogens with two attached hydrogens (primary N) is 1. The molecule has 276 valence electrons. The lowest BCUT2D eigenvalue weighted by molar-refractivity contribution is -0.145. The van der Waals surface area contributed by atoms with Crippen molar-refractivity contribution in [2.24, 2.45) is 39.7 Å². The van der Waals surface area contributed by atoms with E-state index in [0.29, 0.717) is 19.5 Å². The number of likely N-dealkylation sites (tertiary alicyclic amines) is 1. The summed E-state index contributed by atoms with van der Waals surface area (Å²) in [4.78, 5) is 80.4. The molecule has 1 heterocycles. The van der Waals surface area contributed by atoms with Gasteiger partial charge in [-0.1, -0.05) is 105 Å². The molecule has 0 bridgehead atoms. The van der Waals surface area contributed by atoms with Crippen LogP contribution in [-0.4, -0.2) is 77.8 Å². The fourth-order valence-corrected chi connectivity index (χ4v) is 7.17. The number of benzene rings is 1. The summed E-state index contributed by atoms with van der Waals surface area (Å²) in [5.74, 6) is -2.74. The third-order valence-corrected chi connectivity index (χ3v) is 10.8. The Labute approximate surface area is 295 Å². The summed E-state index contributed by atoms with van der Waals surface area (Å²) in [7, 11) is 0. The van der Waals surface area contributed by atoms with Crippen molar-refractivity contribution in [1.82, 2.24) is 26.2 Å². The summed E-state index contributed by atoms with van der Waals surface area (Å²) in [5.41, 5.74) is 4.79. The summed E-state index contributed by atoms with van der Waals surface area (Å²) in [6.45, 7) is 15.8. The van der Waals surface area contributed by atoms with Crippen LogP contribution in [0.5, 0.6) is 0 Å². The van der Waals surface area contributed by atoms with E-state index in [1.807, 2.05) is 71.9 Å². The third-order valence-electron chi connectivity index (χ3n) is 10.8. The number of nitrogens with one attached hydrogen (secondary N) is 4. The highest BCUT2D eigenvalue weighted by molar-refractivity contribution is 6.37. The van der Waals surface area contributed by atoms with Gasteiger partial charge in [-0.3, -0.25) is 19.2 Å². The van der Waals surface area contributed by atoms with Gasteiger partial charge in [0.1, 0.15) is 18.7 Å². The van der Waals surface area contributed by atoms with Crippen LogP contribution in [0.3, 0.4) is 0 Å². The van der Waals surface area contributed by atoms with E-state index in [1.165, 1.54) is 4.90 Å². The van der Waals surface area contributed by atoms with Gasteiger partial charge in [0, 0.05) is 13.1 Å². The lowest BCUT2D eigenvalue weighted by Gasteiger charge is -2.39. The molecule has 0 radical (unpaired) electrons. The van der Waals surface area contributed by atoms with E-state index in [2.05, 4.69) is 35.1 Å². The summed E-state index contributed by atoms with van der Waals surface area (Å²) < 4.78 is 5.46. The van der Waals surface area contributed by atoms with Crippen LogP contribution < -0.4 is 27.0 Å². The average Bonchev–Trinajstić information content (AvgIpc) is 3.31. The van der Waals surface area contributed by atoms with Crippen LogP contribution in [0.4, 0.5) is 9.59 Å². The zero-order valence-electron chi connectivity index (χ0n) is 30.8. The second-order valence-electron chi connectivity index (χ2n) is 17.0. The minimum absolute atomic E-state index is 0.0593. The maximum absolute atomic E-state index is 14.4. The fraction of sp³-hybridized carbons (Fsp3) is 0.676. The Balaban J connectivity index is 1.44. The largest absolute Gasteiger partial charge is 0.447 e. The zero-order chi connectivity index (χ0) is 37.2. The molecule has 1 saturated heterocycles. The van der Waals surface area contributed by atoms with Crippen molar-refractivity contribution in [1.29, 1.82) is 0 Å². The molecular weight excluding hydrogens is 640 g/mol. The summed E-state index contributed by atoms with van der Waals surface area (Å²) in [6, 6.07) is 5.22. The number of Topliss-reactive ketones (excluding diaryl/α,β-unsaturated/α-hetero) is 1. The Kier molecular flexibility index (Phi) is 11.6. The predicted molar refractivity (Wildman–Crippen MR) is 187 cm³/mol. The first-order valence-electron chi connectivity index (χ1n) is 17.7. The summed E-state index contributed by atoms with van der Waals surface area (Å²) >= 11 is 0. The second kappa shape index (κ2) is 15.0. The molecule has 6 N–H and O–H groups in total. The Hall–Kier alpha value is -4.16. The minimum atomic E-state index is -1.10. The molecule has 6 amide bonds. The average molecular weight is 697 g/mol. The number of ketones is 1. The second-order valence-corrected chi connectivity index (χ2v) is 17.0. The number of rotatable bonds is 13. The first kappa shape index (κ1) is 38.6. The smallest absolute Gasteiger partial charge is 0.407 e. The molecule has 4 rings (SSSR count). The number of hydrogen-bond donors (Lipinski definition) is 5. The van der Waals surface area contributed by atoms with E-state index in [4.69, 9.17) is 10.5 Å². The number of carbonyl (C=O) groups excluding carboxylic acids is 6. The highest BCUT2D eigenvalue weighted by Gasteiger charge is 2.70. The monoisotopic (exact) mass is 696 g/mol. The molecule has 3 unspecified atom stereocenters. The van der Waals surface area contributed by atoms with Crippen molar-refractivity contribution in [2.45, 2.75) is 112 Å². The number of primary amides is 1. The number of nitrogens with zero attached hydrogens (tertiary/aromatic N) is 1. The first-order chi connectivity index (χ1) is 23.2. The Morgan fingerprint density at radius 3 is 2.12 bits per heavy atom. The van der Waals surface area contributed by atoms with E-state index in [-0.39, 0.29) is 29.8 Å². The number of amides is 6. The molecule has 1 aromatic carbocycles. The van der Waals surface area contributed by atoms with Gasteiger partial charge in [-0.25, -0.2) is 9.59 Å². The van der Waals surface area contributed by atoms with E-state index >= 15 is 0 Å². The highest BCUT2D eigenvalue weighted by Crippen LogP contribution is 2.65. The molecule has 1 aromatic rings. The van der Waals surface area contributed by atoms with Gasteiger partial charge in [0.05, 0.1) is 12.1 Å². The van der Waals surface area contributed by atoms with Crippen molar-refractivity contribution in [3.8, 4) is 0 Å². The number of fused-ring (bicyclic) bond motifs is 1. The molecule has 0 aromatic heterocycles. The molecule has 13 nitrogen and oxygen atoms in total. The predicted octanol–water partition coefficient (Wildman–Crippen LogP) is 3.25. The normalized spacial score (nSPS) is 22.9. The Morgan fingerprint density at radius 2 is 1.58 bits per heavy atom. The minimum Gasteiger partial charge on any atom is -0.447 e. The van der Waals surface area contributed by atoms with Crippen molar-refractivity contribution >= 4 is 35.6 Å². The quantitative estimate of drug-likeness (QED) is 0.196. The van der Waals surface area contributed by atoms with Gasteiger partial charge in [0.15, 0.2) is 0 Å². The highest BCUT2D eigenvalue weighted by atomic mass is 16.5. The molecule has 3 fully saturated rings. The van der Waals surface area contributed by atoms with Gasteiger partial charge in [0.25, 0.3) is 5.91 Å². The molecule has 2 saturated carbocycles. The van der Waals surface area contributed by atoms with Gasteiger partial charge in [-0.15, -0.1) is 0 Å². The number of hydrogen-bond acceptors (Lipinski definition) is 7. The number of alkyl carbamates (subject to hydrolysis) is 1. The van der Waals surface area contributed by atoms with Crippen molar-refractivity contribution in [3.05, 3.63) is 35.9 Å². The fourth-order valence-electron chi connectivity index (χ4n) is 7.17. The molecule has 1 aliphatic heterocycles. The third kappa shape index (κ3) is 9.14. The number of piperidine rings is 1. The maximum atomic E-state index is 14.4. The van der Waals surface area contributed by atoms with E-state index < -0.39 is 70.6 Å². The van der Waals surface area contributed by atoms with Gasteiger partial charge >= 0.3 is 12.1 Å². The summed E-state index contributed by atoms with van der Waals surface area (Å²) in [6.07, 6.45) is 2.55. The Morgan fingerprint density at radius 1 is 0.940 bits per heavy atom. The van der Waals surface area contributed by atoms with Crippen LogP contribution >= 0.6 is 0 Å². The molecular formula is C37H56N6O7. The van der Waals surface area contributed by atoms with Gasteiger partial charge in [0.2, 0.25) is 17.6 Å². The van der Waals surface area contributed by atoms with Crippen LogP contribution in [0.15, 0.2) is 30.3 Å². The molecule has 50 heavy (non-hydrogen) atoms. The van der Waals surface area contributed by atoms with Gasteiger partial charge in [-0.05, 0) is 46.0 Å². The number of ether oxygens (including phenoxy) is 1. The van der Waals surface area contributed by atoms with Crippen LogP contribution in [0.1, 0.15) is 86.6 Å². The van der Waals surface area contributed by atoms with E-state index in [9.17, 15) is 28.8 Å². The topological polar surface area (TPSA) is 189 Å². The van der Waals surface area contributed by atoms with Crippen molar-refractivity contribution in [3.63, 3.8) is 0 Å². The molecule has 0 spiro atoms. The SMILES string of the molecule is CC(C)(C)C(NC(=O)N[C@@H](COC(=O)NCc1ccccc1)C(C)(C)C)C(=O)N1C[C@H]2[C@@H](C1C(=O)NC(CC1CCC1)C(=O)C(N)=O)C2(C)C. The lowest BCUT2D eigenvalue weighted by atomic mass is 9.80. The van der Waals surface area contributed by atoms with E-state index in [0.717, 1.165) is 24.8 Å². The molecule has 6 atom stereocenters. The van der Waals surface area contributed by atoms with Gasteiger partial charge in [-0.2, -0.15) is 0 Å². The molecule has 3 aliphatic rings. The van der Waals surface area contributed by atoms with Crippen LogP contribution in [0.25, 0.3) is 0 Å². The Bertz CT molecular complexity index is 1450. The lowest BCUT2D eigenvalue weighted by Crippen LogP contribution is -2.62. The molecule has 13 heteroatoms. The van der Waals surface area contributed by atoms with Crippen molar-refractivity contribution < 1.29 is 33.5 Å². The van der Waals surface area contributed by atoms with Crippen LogP contribution in [0.2, 0.25) is 0 Å². The summed E-state index contributed by atoms with van der Waals surface area (Å²) in [5, 5.41) is 11.2. The maximum Gasteiger partial charge on any atom is 0.407 e. The number of carbonyl (C=O) groups is 6. The molecule has 2 aliphatic carbocycles. The number of urea groups is 1. The first-order valence-corrected chi connectivity index (χ1v) is 17.7. The van der Waals surface area contributed by atoms with Crippen LogP contribution in [-0.2, 0) is 30.5 Å².